The Morgan fingerprint density at radius 1 is 0.842 bits per heavy atom. The maximum atomic E-state index is 9.63. The number of hydrogen-bond acceptors (Lipinski definition) is 3. The highest BCUT2D eigenvalue weighted by molar-refractivity contribution is 5.61. The van der Waals surface area contributed by atoms with E-state index in [2.05, 4.69) is 56.1 Å². The summed E-state index contributed by atoms with van der Waals surface area (Å²) in [7, 11) is 0. The van der Waals surface area contributed by atoms with Crippen LogP contribution in [0.5, 0.6) is 5.75 Å². The van der Waals surface area contributed by atoms with Gasteiger partial charge in [-0.3, -0.25) is 0 Å². The van der Waals surface area contributed by atoms with Crippen LogP contribution in [0.3, 0.4) is 0 Å². The summed E-state index contributed by atoms with van der Waals surface area (Å²) in [6.07, 6.45) is 21.3. The lowest BCUT2D eigenvalue weighted by Crippen LogP contribution is -2.13. The van der Waals surface area contributed by atoms with E-state index in [0.29, 0.717) is 24.0 Å². The van der Waals surface area contributed by atoms with E-state index in [1.165, 1.54) is 102 Å². The van der Waals surface area contributed by atoms with Crippen LogP contribution in [-0.2, 0) is 0 Å². The van der Waals surface area contributed by atoms with Crippen molar-refractivity contribution in [3.8, 4) is 23.1 Å². The van der Waals surface area contributed by atoms with E-state index < -0.39 is 0 Å². The first-order valence-corrected chi connectivity index (χ1v) is 15.7. The molecule has 0 unspecified atom stereocenters. The van der Waals surface area contributed by atoms with Gasteiger partial charge in [0.15, 0.2) is 11.4 Å². The maximum absolute atomic E-state index is 9.63. The molecule has 1 heterocycles. The van der Waals surface area contributed by atoms with Crippen molar-refractivity contribution in [2.45, 2.75) is 129 Å². The summed E-state index contributed by atoms with van der Waals surface area (Å²) in [5, 5.41) is 9.63. The van der Waals surface area contributed by atoms with Gasteiger partial charge in [0.2, 0.25) is 0 Å². The predicted octanol–water partition coefficient (Wildman–Crippen LogP) is 10.6. The lowest BCUT2D eigenvalue weighted by Gasteiger charge is -2.29. The molecule has 1 saturated carbocycles. The first-order valence-electron chi connectivity index (χ1n) is 15.7. The number of pyridine rings is 1. The van der Waals surface area contributed by atoms with Crippen LogP contribution in [-0.4, -0.2) is 11.6 Å². The van der Waals surface area contributed by atoms with Crippen LogP contribution in [0.4, 0.5) is 0 Å². The average molecular weight is 517 g/mol. The third-order valence-corrected chi connectivity index (χ3v) is 8.39. The first kappa shape index (κ1) is 30.2. The number of nitriles is 1. The Bertz CT molecular complexity index is 951. The van der Waals surface area contributed by atoms with Gasteiger partial charge < -0.3 is 4.74 Å². The molecule has 38 heavy (non-hydrogen) atoms. The lowest BCUT2D eigenvalue weighted by molar-refractivity contribution is 0.301. The van der Waals surface area contributed by atoms with Crippen LogP contribution < -0.4 is 4.74 Å². The second-order valence-corrected chi connectivity index (χ2v) is 12.0. The van der Waals surface area contributed by atoms with Gasteiger partial charge in [0.05, 0.1) is 12.3 Å². The second kappa shape index (κ2) is 17.3. The zero-order chi connectivity index (χ0) is 27.0. The van der Waals surface area contributed by atoms with Gasteiger partial charge in [-0.2, -0.15) is 5.26 Å². The van der Waals surface area contributed by atoms with Crippen LogP contribution in [0.15, 0.2) is 36.4 Å². The van der Waals surface area contributed by atoms with E-state index in [-0.39, 0.29) is 0 Å². The summed E-state index contributed by atoms with van der Waals surface area (Å²) in [5.74, 6) is 3.08. The van der Waals surface area contributed by atoms with Crippen LogP contribution >= 0.6 is 0 Å². The molecular formula is C35H52N2O. The number of ether oxygens (including phenoxy) is 1. The maximum Gasteiger partial charge on any atom is 0.183 e. The summed E-state index contributed by atoms with van der Waals surface area (Å²) in [6.45, 7) is 7.53. The van der Waals surface area contributed by atoms with Gasteiger partial charge in [-0.25, -0.2) is 4.98 Å². The molecule has 0 atom stereocenters. The normalized spacial score (nSPS) is 17.4. The summed E-state index contributed by atoms with van der Waals surface area (Å²) < 4.78 is 5.88. The number of rotatable bonds is 17. The predicted molar refractivity (Wildman–Crippen MR) is 160 cm³/mol. The van der Waals surface area contributed by atoms with Crippen LogP contribution in [0.2, 0.25) is 0 Å². The summed E-state index contributed by atoms with van der Waals surface area (Å²) >= 11 is 0. The van der Waals surface area contributed by atoms with Crippen molar-refractivity contribution in [2.24, 2.45) is 11.8 Å². The molecular weight excluding hydrogens is 464 g/mol. The number of aromatic nitrogens is 1. The molecule has 1 aliphatic rings. The molecule has 0 amide bonds. The minimum Gasteiger partial charge on any atom is -0.491 e. The molecule has 0 spiro atoms. The monoisotopic (exact) mass is 516 g/mol. The molecule has 1 aromatic heterocycles. The van der Waals surface area contributed by atoms with Crippen molar-refractivity contribution in [3.63, 3.8) is 0 Å². The van der Waals surface area contributed by atoms with Crippen molar-refractivity contribution < 1.29 is 4.74 Å². The molecule has 2 aromatic rings. The van der Waals surface area contributed by atoms with Crippen molar-refractivity contribution in [2.75, 3.05) is 6.61 Å². The van der Waals surface area contributed by atoms with Crippen molar-refractivity contribution in [1.29, 1.82) is 5.26 Å². The minimum atomic E-state index is 0.383. The molecule has 0 N–H and O–H groups in total. The molecule has 0 aliphatic heterocycles. The van der Waals surface area contributed by atoms with Gasteiger partial charge >= 0.3 is 0 Å². The third kappa shape index (κ3) is 10.4. The highest BCUT2D eigenvalue weighted by atomic mass is 16.5. The molecule has 3 nitrogen and oxygen atoms in total. The Kier molecular flexibility index (Phi) is 13.7. The molecule has 1 fully saturated rings. The van der Waals surface area contributed by atoms with E-state index in [0.717, 1.165) is 29.5 Å². The Balaban J connectivity index is 1.41. The number of benzene rings is 1. The molecule has 1 aromatic carbocycles. The van der Waals surface area contributed by atoms with Crippen LogP contribution in [0.25, 0.3) is 11.3 Å². The summed E-state index contributed by atoms with van der Waals surface area (Å²) in [6, 6.07) is 15.0. The van der Waals surface area contributed by atoms with Gasteiger partial charge in [-0.1, -0.05) is 116 Å². The Morgan fingerprint density at radius 2 is 1.53 bits per heavy atom. The van der Waals surface area contributed by atoms with Gasteiger partial charge in [0.1, 0.15) is 6.07 Å². The minimum absolute atomic E-state index is 0.383. The largest absolute Gasteiger partial charge is 0.491 e. The smallest absolute Gasteiger partial charge is 0.183 e. The zero-order valence-electron chi connectivity index (χ0n) is 24.5. The molecule has 1 aliphatic carbocycles. The Morgan fingerprint density at radius 3 is 2.24 bits per heavy atom. The van der Waals surface area contributed by atoms with E-state index in [1.807, 2.05) is 12.1 Å². The second-order valence-electron chi connectivity index (χ2n) is 12.0. The van der Waals surface area contributed by atoms with Crippen molar-refractivity contribution >= 4 is 0 Å². The molecule has 208 valence electrons. The fourth-order valence-electron chi connectivity index (χ4n) is 5.92. The van der Waals surface area contributed by atoms with Gasteiger partial charge in [-0.05, 0) is 67.6 Å². The Hall–Kier alpha value is -2.34. The van der Waals surface area contributed by atoms with E-state index in [1.54, 1.807) is 0 Å². The quantitative estimate of drug-likeness (QED) is 0.196. The van der Waals surface area contributed by atoms with Crippen LogP contribution in [0, 0.1) is 23.2 Å². The van der Waals surface area contributed by atoms with Crippen molar-refractivity contribution in [3.05, 3.63) is 47.7 Å². The average Bonchev–Trinajstić information content (AvgIpc) is 2.94. The molecule has 0 bridgehead atoms. The van der Waals surface area contributed by atoms with E-state index >= 15 is 0 Å². The fraction of sp³-hybridized carbons (Fsp3) is 0.657. The number of nitrogens with zero attached hydrogens (tertiary/aromatic N) is 2. The molecule has 0 saturated heterocycles. The SMILES string of the molecule is CCCCCCCOc1ccc(-c2ccc(C3CCC(CCCCCCCC(C)C)CC3)cc2)nc1C#N. The summed E-state index contributed by atoms with van der Waals surface area (Å²) in [4.78, 5) is 4.62. The topological polar surface area (TPSA) is 45.9 Å². The summed E-state index contributed by atoms with van der Waals surface area (Å²) in [5.41, 5.74) is 3.75. The van der Waals surface area contributed by atoms with E-state index in [4.69, 9.17) is 4.74 Å². The van der Waals surface area contributed by atoms with Gasteiger partial charge in [0.25, 0.3) is 0 Å². The van der Waals surface area contributed by atoms with Gasteiger partial charge in [0, 0.05) is 5.56 Å². The standard InChI is InChI=1S/C35H52N2O/c1-4-5-6-10-13-26-38-35-25-24-33(37-34(35)27-36)32-22-20-31(21-23-32)30-18-16-29(17-19-30)15-12-9-7-8-11-14-28(2)3/h20-25,28-30H,4-19,26H2,1-3H3. The lowest BCUT2D eigenvalue weighted by atomic mass is 9.77. The highest BCUT2D eigenvalue weighted by Gasteiger charge is 2.22. The van der Waals surface area contributed by atoms with E-state index in [9.17, 15) is 5.26 Å². The molecule has 0 radical (unpaired) electrons. The number of unbranched alkanes of at least 4 members (excludes halogenated alkanes) is 8. The molecule has 3 heteroatoms. The third-order valence-electron chi connectivity index (χ3n) is 8.39. The highest BCUT2D eigenvalue weighted by Crippen LogP contribution is 2.38. The number of hydrogen-bond donors (Lipinski definition) is 0. The van der Waals surface area contributed by atoms with Crippen LogP contribution in [0.1, 0.15) is 141 Å². The van der Waals surface area contributed by atoms with Crippen molar-refractivity contribution in [1.82, 2.24) is 4.98 Å². The molecule has 3 rings (SSSR count). The fourth-order valence-corrected chi connectivity index (χ4v) is 5.92. The first-order chi connectivity index (χ1) is 18.6. The van der Waals surface area contributed by atoms with Gasteiger partial charge in [-0.15, -0.1) is 0 Å². The zero-order valence-corrected chi connectivity index (χ0v) is 24.5. The Labute approximate surface area is 233 Å².